The van der Waals surface area contributed by atoms with Gasteiger partial charge in [0.05, 0.1) is 34.2 Å². The third kappa shape index (κ3) is 3.52. The summed E-state index contributed by atoms with van der Waals surface area (Å²) in [4.78, 5) is 22.5. The zero-order valence-electron chi connectivity index (χ0n) is 14.6. The number of sulfonamides is 1. The topological polar surface area (TPSA) is 106 Å². The Kier molecular flexibility index (Phi) is 4.92. The van der Waals surface area contributed by atoms with Gasteiger partial charge in [0.1, 0.15) is 11.5 Å². The number of nitrogens with zero attached hydrogens (tertiary/aromatic N) is 1. The lowest BCUT2D eigenvalue weighted by molar-refractivity contribution is -0.352. The molecule has 3 N–H and O–H groups in total. The molecule has 2 heterocycles. The molecular formula is C17H17F2N4O3S+. The maximum Gasteiger partial charge on any atom is 0.234 e. The van der Waals surface area contributed by atoms with Gasteiger partial charge in [0, 0.05) is 0 Å². The number of hydrogen-bond acceptors (Lipinski definition) is 4. The van der Waals surface area contributed by atoms with Crippen molar-refractivity contribution in [3.63, 3.8) is 0 Å². The SMILES string of the molecule is CCCS(=O)(=O)Nc1ccc(F)c(C(=O)c2c[nH]c3[nH+]cnc(C)c23)c1F. The normalized spacial score (nSPS) is 11.7. The molecule has 0 unspecified atom stereocenters. The molecule has 27 heavy (non-hydrogen) atoms. The number of rotatable bonds is 6. The third-order valence-electron chi connectivity index (χ3n) is 4.01. The number of carbonyl (C=O) groups excluding carboxylic acids is 1. The molecule has 0 saturated carbocycles. The Morgan fingerprint density at radius 2 is 2.07 bits per heavy atom. The Morgan fingerprint density at radius 1 is 1.33 bits per heavy atom. The number of benzene rings is 1. The van der Waals surface area contributed by atoms with Crippen molar-refractivity contribution in [1.82, 2.24) is 9.97 Å². The first-order chi connectivity index (χ1) is 12.7. The van der Waals surface area contributed by atoms with Crippen LogP contribution in [0.25, 0.3) is 11.0 Å². The van der Waals surface area contributed by atoms with E-state index >= 15 is 0 Å². The van der Waals surface area contributed by atoms with Crippen LogP contribution in [-0.2, 0) is 10.0 Å². The van der Waals surface area contributed by atoms with Crippen LogP contribution >= 0.6 is 0 Å². The number of hydrogen-bond donors (Lipinski definition) is 2. The molecule has 0 fully saturated rings. The molecule has 1 aromatic carbocycles. The number of nitrogens with one attached hydrogen (secondary N) is 3. The molecular weight excluding hydrogens is 378 g/mol. The highest BCUT2D eigenvalue weighted by Crippen LogP contribution is 2.27. The van der Waals surface area contributed by atoms with Gasteiger partial charge in [0.15, 0.2) is 5.82 Å². The Morgan fingerprint density at radius 3 is 2.78 bits per heavy atom. The van der Waals surface area contributed by atoms with Gasteiger partial charge in [-0.05, 0) is 25.5 Å². The van der Waals surface area contributed by atoms with Crippen molar-refractivity contribution in [2.24, 2.45) is 0 Å². The fourth-order valence-electron chi connectivity index (χ4n) is 2.81. The summed E-state index contributed by atoms with van der Waals surface area (Å²) in [7, 11) is -3.80. The summed E-state index contributed by atoms with van der Waals surface area (Å²) in [5.74, 6) is -3.50. The number of fused-ring (bicyclic) bond motifs is 1. The lowest BCUT2D eigenvalue weighted by atomic mass is 10.0. The molecule has 7 nitrogen and oxygen atoms in total. The van der Waals surface area contributed by atoms with Gasteiger partial charge in [-0.2, -0.15) is 0 Å². The van der Waals surface area contributed by atoms with Crippen molar-refractivity contribution in [3.05, 3.63) is 53.1 Å². The third-order valence-corrected chi connectivity index (χ3v) is 5.49. The van der Waals surface area contributed by atoms with Crippen molar-refractivity contribution in [1.29, 1.82) is 0 Å². The van der Waals surface area contributed by atoms with Crippen LogP contribution in [0, 0.1) is 18.6 Å². The van der Waals surface area contributed by atoms with E-state index in [4.69, 9.17) is 0 Å². The lowest BCUT2D eigenvalue weighted by Crippen LogP contribution is -2.18. The van der Waals surface area contributed by atoms with Crippen molar-refractivity contribution < 1.29 is 27.0 Å². The summed E-state index contributed by atoms with van der Waals surface area (Å²) in [5, 5.41) is 0.401. The van der Waals surface area contributed by atoms with Crippen molar-refractivity contribution in [3.8, 4) is 0 Å². The zero-order chi connectivity index (χ0) is 19.8. The van der Waals surface area contributed by atoms with Crippen LogP contribution in [0.1, 0.15) is 35.0 Å². The van der Waals surface area contributed by atoms with Gasteiger partial charge < -0.3 is 0 Å². The number of ketones is 1. The monoisotopic (exact) mass is 395 g/mol. The molecule has 2 aromatic heterocycles. The molecule has 0 bridgehead atoms. The second kappa shape index (κ2) is 7.03. The van der Waals surface area contributed by atoms with E-state index in [1.807, 2.05) is 0 Å². The molecule has 142 valence electrons. The average molecular weight is 395 g/mol. The molecule has 0 spiro atoms. The van der Waals surface area contributed by atoms with Gasteiger partial charge >= 0.3 is 0 Å². The minimum atomic E-state index is -3.80. The molecule has 0 atom stereocenters. The fourth-order valence-corrected chi connectivity index (χ4v) is 3.94. The largest absolute Gasteiger partial charge is 0.288 e. The molecule has 3 aromatic rings. The quantitative estimate of drug-likeness (QED) is 0.625. The van der Waals surface area contributed by atoms with Crippen LogP contribution in [0.15, 0.2) is 24.7 Å². The molecule has 0 amide bonds. The zero-order valence-corrected chi connectivity index (χ0v) is 15.4. The summed E-state index contributed by atoms with van der Waals surface area (Å²) in [5.41, 5.74) is -0.316. The number of aromatic amines is 2. The van der Waals surface area contributed by atoms with E-state index in [-0.39, 0.29) is 11.3 Å². The number of carbonyl (C=O) groups is 1. The van der Waals surface area contributed by atoms with Crippen LogP contribution in [0.3, 0.4) is 0 Å². The van der Waals surface area contributed by atoms with E-state index in [2.05, 4.69) is 19.7 Å². The van der Waals surface area contributed by atoms with Gasteiger partial charge in [0.2, 0.25) is 27.8 Å². The number of aryl methyl sites for hydroxylation is 1. The minimum absolute atomic E-state index is 0.0261. The Balaban J connectivity index is 2.11. The van der Waals surface area contributed by atoms with Crippen molar-refractivity contribution in [2.45, 2.75) is 20.3 Å². The first-order valence-electron chi connectivity index (χ1n) is 8.12. The van der Waals surface area contributed by atoms with E-state index in [0.717, 1.165) is 12.1 Å². The predicted molar refractivity (Wildman–Crippen MR) is 94.9 cm³/mol. The molecule has 0 aliphatic rings. The highest BCUT2D eigenvalue weighted by Gasteiger charge is 2.27. The summed E-state index contributed by atoms with van der Waals surface area (Å²) < 4.78 is 54.9. The summed E-state index contributed by atoms with van der Waals surface area (Å²) in [6, 6.07) is 1.80. The van der Waals surface area contributed by atoms with E-state index in [1.54, 1.807) is 13.8 Å². The summed E-state index contributed by atoms with van der Waals surface area (Å²) in [6.45, 7) is 3.31. The maximum absolute atomic E-state index is 14.8. The first-order valence-corrected chi connectivity index (χ1v) is 9.78. The fraction of sp³-hybridized carbons (Fsp3) is 0.235. The van der Waals surface area contributed by atoms with Crippen LogP contribution < -0.4 is 9.71 Å². The number of H-pyrrole nitrogens is 2. The van der Waals surface area contributed by atoms with E-state index in [1.165, 1.54) is 12.5 Å². The van der Waals surface area contributed by atoms with Crippen LogP contribution in [0.5, 0.6) is 0 Å². The standard InChI is InChI=1S/C17H16F2N4O3S/c1-3-6-27(25,26)23-12-5-4-11(18)14(15(12)19)16(24)10-7-20-17-13(10)9(2)21-8-22-17/h4-5,7-8,23H,3,6H2,1-2H3,(H,20,21,22)/p+1. The van der Waals surface area contributed by atoms with Gasteiger partial charge in [-0.1, -0.05) is 6.92 Å². The summed E-state index contributed by atoms with van der Waals surface area (Å²) in [6.07, 6.45) is 3.07. The average Bonchev–Trinajstić information content (AvgIpc) is 3.03. The maximum atomic E-state index is 14.8. The smallest absolute Gasteiger partial charge is 0.234 e. The highest BCUT2D eigenvalue weighted by molar-refractivity contribution is 7.92. The molecule has 10 heteroatoms. The lowest BCUT2D eigenvalue weighted by Gasteiger charge is -2.11. The van der Waals surface area contributed by atoms with Gasteiger partial charge in [-0.15, -0.1) is 4.98 Å². The highest BCUT2D eigenvalue weighted by atomic mass is 32.2. The van der Waals surface area contributed by atoms with Gasteiger partial charge in [0.25, 0.3) is 0 Å². The van der Waals surface area contributed by atoms with E-state index < -0.39 is 38.7 Å². The van der Waals surface area contributed by atoms with Crippen molar-refractivity contribution in [2.75, 3.05) is 10.5 Å². The van der Waals surface area contributed by atoms with E-state index in [0.29, 0.717) is 23.1 Å². The number of halogens is 2. The van der Waals surface area contributed by atoms with Crippen LogP contribution in [0.2, 0.25) is 0 Å². The second-order valence-corrected chi connectivity index (χ2v) is 7.82. The van der Waals surface area contributed by atoms with Gasteiger partial charge in [-0.25, -0.2) is 22.2 Å². The number of anilines is 1. The second-order valence-electron chi connectivity index (χ2n) is 5.97. The molecule has 0 saturated heterocycles. The number of aromatic nitrogens is 3. The van der Waals surface area contributed by atoms with E-state index in [9.17, 15) is 22.0 Å². The predicted octanol–water partition coefficient (Wildman–Crippen LogP) is 2.35. The molecule has 0 radical (unpaired) electrons. The van der Waals surface area contributed by atoms with Crippen molar-refractivity contribution >= 4 is 32.5 Å². The molecule has 0 aliphatic heterocycles. The Bertz CT molecular complexity index is 1140. The first kappa shape index (κ1) is 18.9. The minimum Gasteiger partial charge on any atom is -0.288 e. The Hall–Kier alpha value is -2.88. The molecule has 3 rings (SSSR count). The van der Waals surface area contributed by atoms with Crippen LogP contribution in [-0.4, -0.2) is 29.9 Å². The summed E-state index contributed by atoms with van der Waals surface area (Å²) >= 11 is 0. The molecule has 0 aliphatic carbocycles. The Labute approximate surface area is 153 Å². The van der Waals surface area contributed by atoms with Crippen LogP contribution in [0.4, 0.5) is 14.5 Å². The van der Waals surface area contributed by atoms with Gasteiger partial charge in [-0.3, -0.25) is 14.5 Å².